The van der Waals surface area contributed by atoms with E-state index in [1.54, 1.807) is 36.4 Å². The van der Waals surface area contributed by atoms with Crippen molar-refractivity contribution in [3.63, 3.8) is 0 Å². The molecule has 6 N–H and O–H groups in total. The van der Waals surface area contributed by atoms with E-state index >= 15 is 0 Å². The molecule has 12 heteroatoms. The van der Waals surface area contributed by atoms with Crippen LogP contribution in [0, 0.1) is 0 Å². The van der Waals surface area contributed by atoms with Gasteiger partial charge in [0.2, 0.25) is 11.8 Å². The normalized spacial score (nSPS) is 11.6. The zero-order valence-corrected chi connectivity index (χ0v) is 21.5. The van der Waals surface area contributed by atoms with Gasteiger partial charge in [0, 0.05) is 25.1 Å². The monoisotopic (exact) mass is 548 g/mol. The van der Waals surface area contributed by atoms with Crippen molar-refractivity contribution in [3.8, 4) is 28.9 Å². The molecule has 40 heavy (non-hydrogen) atoms. The zero-order chi connectivity index (χ0) is 28.8. The predicted octanol–water partition coefficient (Wildman–Crippen LogP) is 1.56. The minimum Gasteiger partial charge on any atom is -0.504 e. The van der Waals surface area contributed by atoms with Crippen molar-refractivity contribution in [2.24, 2.45) is 5.73 Å². The van der Waals surface area contributed by atoms with Crippen LogP contribution in [0.4, 0.5) is 0 Å². The fraction of sp³-hybridized carbons (Fsp3) is 0.214. The van der Waals surface area contributed by atoms with Crippen molar-refractivity contribution in [1.82, 2.24) is 14.7 Å². The first-order valence-corrected chi connectivity index (χ1v) is 12.2. The third kappa shape index (κ3) is 6.23. The lowest BCUT2D eigenvalue weighted by molar-refractivity contribution is -0.121. The fourth-order valence-electron chi connectivity index (χ4n) is 4.28. The second-order valence-electron chi connectivity index (χ2n) is 8.93. The molecule has 0 aliphatic rings. The molecule has 0 spiro atoms. The number of hydrogen-bond donors (Lipinski definition) is 5. The molecule has 2 amide bonds. The van der Waals surface area contributed by atoms with Gasteiger partial charge in [0.25, 0.3) is 11.5 Å². The van der Waals surface area contributed by atoms with Crippen LogP contribution in [0.15, 0.2) is 65.6 Å². The minimum absolute atomic E-state index is 0.0878. The molecule has 0 saturated carbocycles. The van der Waals surface area contributed by atoms with Gasteiger partial charge in [-0.3, -0.25) is 18.8 Å². The van der Waals surface area contributed by atoms with Gasteiger partial charge in [-0.1, -0.05) is 18.2 Å². The molecule has 2 aromatic heterocycles. The molecule has 0 aliphatic heterocycles. The molecule has 0 bridgehead atoms. The first-order chi connectivity index (χ1) is 19.2. The van der Waals surface area contributed by atoms with E-state index in [0.717, 1.165) is 0 Å². The summed E-state index contributed by atoms with van der Waals surface area (Å²) in [6, 6.07) is 13.9. The number of nitrogens with two attached hydrogens (primary N) is 1. The van der Waals surface area contributed by atoms with Crippen molar-refractivity contribution < 1.29 is 34.4 Å². The summed E-state index contributed by atoms with van der Waals surface area (Å²) in [7, 11) is 1.39. The molecule has 4 aromatic rings. The number of fused-ring (bicyclic) bond motifs is 1. The highest BCUT2D eigenvalue weighted by molar-refractivity contribution is 5.78. The second kappa shape index (κ2) is 12.1. The number of aromatic nitrogens is 2. The lowest BCUT2D eigenvalue weighted by atomic mass is 9.88. The zero-order valence-electron chi connectivity index (χ0n) is 21.5. The van der Waals surface area contributed by atoms with Crippen LogP contribution in [0.2, 0.25) is 0 Å². The van der Waals surface area contributed by atoms with Crippen molar-refractivity contribution in [2.75, 3.05) is 20.3 Å². The summed E-state index contributed by atoms with van der Waals surface area (Å²) in [6.45, 7) is -0.170. The van der Waals surface area contributed by atoms with Crippen LogP contribution in [-0.4, -0.2) is 56.8 Å². The number of primary amides is 1. The number of phenolic OH excluding ortho intramolecular Hbond substituents is 2. The first kappa shape index (κ1) is 27.8. The second-order valence-corrected chi connectivity index (χ2v) is 8.93. The number of rotatable bonds is 11. The summed E-state index contributed by atoms with van der Waals surface area (Å²) in [4.78, 5) is 41.9. The minimum atomic E-state index is -0.936. The van der Waals surface area contributed by atoms with E-state index < -0.39 is 29.2 Å². The van der Waals surface area contributed by atoms with E-state index in [4.69, 9.17) is 15.2 Å². The van der Waals surface area contributed by atoms with Crippen LogP contribution in [-0.2, 0) is 16.0 Å². The highest BCUT2D eigenvalue weighted by atomic mass is 16.5. The van der Waals surface area contributed by atoms with Crippen LogP contribution >= 0.6 is 0 Å². The van der Waals surface area contributed by atoms with Gasteiger partial charge in [-0.15, -0.1) is 0 Å². The number of phenols is 2. The van der Waals surface area contributed by atoms with E-state index in [2.05, 4.69) is 10.3 Å². The quantitative estimate of drug-likeness (QED) is 0.173. The Hall–Kier alpha value is -5.26. The number of hydrogen-bond acceptors (Lipinski definition) is 9. The molecule has 0 saturated heterocycles. The highest BCUT2D eigenvalue weighted by Gasteiger charge is 2.27. The van der Waals surface area contributed by atoms with Gasteiger partial charge in [-0.05, 0) is 53.9 Å². The number of ether oxygens (including phenoxy) is 2. The molecule has 12 nitrogen and oxygen atoms in total. The molecule has 0 unspecified atom stereocenters. The number of carbonyl (C=O) groups excluding carboxylic acids is 2. The van der Waals surface area contributed by atoms with Crippen LogP contribution in [0.25, 0.3) is 5.65 Å². The van der Waals surface area contributed by atoms with E-state index in [9.17, 15) is 29.7 Å². The molecule has 1 atom stereocenters. The largest absolute Gasteiger partial charge is 0.504 e. The van der Waals surface area contributed by atoms with Crippen molar-refractivity contribution in [2.45, 2.75) is 18.8 Å². The average Bonchev–Trinajstić information content (AvgIpc) is 2.93. The maximum atomic E-state index is 13.5. The number of methoxy groups -OCH3 is 1. The number of nitrogens with zero attached hydrogens (tertiary/aromatic N) is 2. The Morgan fingerprint density at radius 1 is 1.05 bits per heavy atom. The van der Waals surface area contributed by atoms with Gasteiger partial charge in [0.1, 0.15) is 5.65 Å². The summed E-state index contributed by atoms with van der Waals surface area (Å²) in [5, 5.41) is 32.8. The average molecular weight is 549 g/mol. The summed E-state index contributed by atoms with van der Waals surface area (Å²) in [6.07, 6.45) is 1.66. The Kier molecular flexibility index (Phi) is 8.38. The lowest BCUT2D eigenvalue weighted by Crippen LogP contribution is -2.30. The van der Waals surface area contributed by atoms with Gasteiger partial charge in [-0.2, -0.15) is 4.98 Å². The van der Waals surface area contributed by atoms with E-state index in [0.29, 0.717) is 17.5 Å². The molecule has 0 radical (unpaired) electrons. The molecule has 208 valence electrons. The summed E-state index contributed by atoms with van der Waals surface area (Å²) < 4.78 is 12.1. The number of amides is 2. The molecule has 4 rings (SSSR count). The molecular weight excluding hydrogens is 520 g/mol. The van der Waals surface area contributed by atoms with Crippen LogP contribution in [0.3, 0.4) is 0 Å². The van der Waals surface area contributed by atoms with Gasteiger partial charge < -0.3 is 35.8 Å². The molecule has 2 heterocycles. The number of benzene rings is 2. The first-order valence-electron chi connectivity index (χ1n) is 12.2. The predicted molar refractivity (Wildman–Crippen MR) is 144 cm³/mol. The van der Waals surface area contributed by atoms with Crippen molar-refractivity contribution >= 4 is 17.5 Å². The Labute approximate surface area is 228 Å². The topological polar surface area (TPSA) is 186 Å². The third-order valence-electron chi connectivity index (χ3n) is 6.22. The summed E-state index contributed by atoms with van der Waals surface area (Å²) in [5.41, 5.74) is 5.91. The lowest BCUT2D eigenvalue weighted by Gasteiger charge is -2.20. The Balaban J connectivity index is 1.66. The molecular formula is C28H28N4O8. The van der Waals surface area contributed by atoms with Gasteiger partial charge in [0.05, 0.1) is 12.7 Å². The number of carbonyl (C=O) groups is 2. The third-order valence-corrected chi connectivity index (χ3v) is 6.22. The SMILES string of the molecule is COc1cc([C@H](CC(=O)NCCc2ccc(O)c(O)c2)c2c(O)nc3ccccn3c2=O)ccc1OCC(N)=O. The highest BCUT2D eigenvalue weighted by Crippen LogP contribution is 2.36. The smallest absolute Gasteiger partial charge is 0.265 e. The Bertz CT molecular complexity index is 1620. The van der Waals surface area contributed by atoms with Crippen molar-refractivity contribution in [3.05, 3.63) is 87.8 Å². The van der Waals surface area contributed by atoms with Gasteiger partial charge in [-0.25, -0.2) is 0 Å². The van der Waals surface area contributed by atoms with Crippen molar-refractivity contribution in [1.29, 1.82) is 0 Å². The summed E-state index contributed by atoms with van der Waals surface area (Å²) in [5.74, 6) is -2.60. The number of nitrogens with one attached hydrogen (secondary N) is 1. The van der Waals surface area contributed by atoms with E-state index in [-0.39, 0.29) is 53.8 Å². The fourth-order valence-corrected chi connectivity index (χ4v) is 4.28. The van der Waals surface area contributed by atoms with Gasteiger partial charge in [0.15, 0.2) is 29.6 Å². The molecule has 0 aliphatic carbocycles. The maximum Gasteiger partial charge on any atom is 0.265 e. The van der Waals surface area contributed by atoms with E-state index in [1.165, 1.54) is 35.9 Å². The van der Waals surface area contributed by atoms with E-state index in [1.807, 2.05) is 0 Å². The Morgan fingerprint density at radius 3 is 2.58 bits per heavy atom. The van der Waals surface area contributed by atoms with Crippen LogP contribution in [0.1, 0.15) is 29.0 Å². The van der Waals surface area contributed by atoms with Gasteiger partial charge >= 0.3 is 0 Å². The molecule has 0 fully saturated rings. The number of aromatic hydroxyl groups is 3. The van der Waals surface area contributed by atoms with Crippen LogP contribution in [0.5, 0.6) is 28.9 Å². The maximum absolute atomic E-state index is 13.5. The standard InChI is InChI=1S/C28H28N4O8/c1-39-22-13-17(6-8-21(22)40-15-23(29)35)18(26-27(37)31-24-4-2-3-11-32(24)28(26)38)14-25(36)30-10-9-16-5-7-19(33)20(34)12-16/h2-8,11-13,18,33-34,37H,9-10,14-15H2,1H3,(H2,29,35)(H,30,36)/t18-/m0/s1. The Morgan fingerprint density at radius 2 is 1.85 bits per heavy atom. The van der Waals surface area contributed by atoms with Crippen LogP contribution < -0.4 is 26.1 Å². The number of pyridine rings is 1. The molecule has 2 aromatic carbocycles. The summed E-state index contributed by atoms with van der Waals surface area (Å²) >= 11 is 0.